The highest BCUT2D eigenvalue weighted by Gasteiger charge is 2.45. The summed E-state index contributed by atoms with van der Waals surface area (Å²) in [4.78, 5) is 48.7. The first-order valence-electron chi connectivity index (χ1n) is 22.8. The molecule has 3 rings (SSSR count). The summed E-state index contributed by atoms with van der Waals surface area (Å²) in [7, 11) is -8.39. The molecule has 1 amide bonds. The number of benzene rings is 3. The number of hydrogen-bond acceptors (Lipinski definition) is 17. The molecule has 0 fully saturated rings. The third-order valence-electron chi connectivity index (χ3n) is 9.80. The summed E-state index contributed by atoms with van der Waals surface area (Å²) in [5.74, 6) is -1.67. The summed E-state index contributed by atoms with van der Waals surface area (Å²) >= 11 is 10.4. The summed E-state index contributed by atoms with van der Waals surface area (Å²) in [6.45, 7) is 31.2. The van der Waals surface area contributed by atoms with E-state index in [1.807, 2.05) is 65.3 Å². The Labute approximate surface area is 478 Å². The van der Waals surface area contributed by atoms with E-state index in [2.05, 4.69) is 68.0 Å². The quantitative estimate of drug-likeness (QED) is 0.0520. The lowest BCUT2D eigenvalue weighted by Gasteiger charge is -2.37. The first-order valence-corrected chi connectivity index (χ1v) is 30.4. The number of nitrogens with one attached hydrogen (secondary N) is 2. The van der Waals surface area contributed by atoms with Crippen molar-refractivity contribution in [2.24, 2.45) is 5.14 Å². The average molecular weight is 1340 g/mol. The van der Waals surface area contributed by atoms with Gasteiger partial charge in [-0.15, -0.1) is 5.26 Å². The second kappa shape index (κ2) is 29.0. The van der Waals surface area contributed by atoms with Crippen molar-refractivity contribution in [3.05, 3.63) is 83.2 Å². The smallest absolute Gasteiger partial charge is 0.422 e. The minimum atomic E-state index is -4.52. The molecule has 0 aliphatic rings. The number of carbonyl (C=O) groups excluding carboxylic acids is 4. The maximum atomic E-state index is 13.2. The predicted octanol–water partition coefficient (Wildman–Crippen LogP) is 10.2. The highest BCUT2D eigenvalue weighted by atomic mass is 79.9. The number of halogens is 4. The van der Waals surface area contributed by atoms with Gasteiger partial charge in [-0.25, -0.2) is 37.6 Å². The Morgan fingerprint density at radius 1 is 0.605 bits per heavy atom. The van der Waals surface area contributed by atoms with Gasteiger partial charge in [0.15, 0.2) is 0 Å². The Morgan fingerprint density at radius 3 is 1.21 bits per heavy atom. The van der Waals surface area contributed by atoms with Crippen LogP contribution in [0.25, 0.3) is 0 Å². The highest BCUT2D eigenvalue weighted by Crippen LogP contribution is 2.35. The maximum absolute atomic E-state index is 13.2. The van der Waals surface area contributed by atoms with Crippen molar-refractivity contribution in [2.75, 3.05) is 33.7 Å². The number of nitrogens with two attached hydrogens (primary N) is 1. The number of anilines is 3. The number of nitriles is 1. The van der Waals surface area contributed by atoms with Crippen molar-refractivity contribution in [2.45, 2.75) is 147 Å². The van der Waals surface area contributed by atoms with Gasteiger partial charge in [-0.2, -0.15) is 25.3 Å². The molecule has 0 saturated carbocycles. The van der Waals surface area contributed by atoms with Gasteiger partial charge in [-0.3, -0.25) is 4.18 Å². The molecule has 3 aromatic rings. The molecule has 28 heteroatoms. The Kier molecular flexibility index (Phi) is 27.3. The van der Waals surface area contributed by atoms with Crippen LogP contribution >= 0.6 is 58.5 Å². The van der Waals surface area contributed by atoms with Gasteiger partial charge >= 0.3 is 49.8 Å². The van der Waals surface area contributed by atoms with Gasteiger partial charge in [-0.05, 0) is 194 Å². The van der Waals surface area contributed by atoms with E-state index in [9.17, 15) is 44.4 Å². The number of rotatable bonds is 16. The lowest BCUT2D eigenvalue weighted by atomic mass is 10.0. The monoisotopic (exact) mass is 1340 g/mol. The minimum absolute atomic E-state index is 0.0774. The normalized spacial score (nSPS) is 11.8. The van der Waals surface area contributed by atoms with Gasteiger partial charge in [0.05, 0.1) is 41.9 Å². The summed E-state index contributed by atoms with van der Waals surface area (Å²) < 4.78 is 99.5. The minimum Gasteiger partial charge on any atom is -0.464 e. The predicted molar refractivity (Wildman–Crippen MR) is 304 cm³/mol. The molecule has 0 spiro atoms. The van der Waals surface area contributed by atoms with Gasteiger partial charge < -0.3 is 24.3 Å². The zero-order valence-electron chi connectivity index (χ0n) is 45.9. The number of carbonyl (C=O) groups is 4. The molecular weight excluding hydrogens is 1270 g/mol. The molecule has 0 radical (unpaired) electrons. The summed E-state index contributed by atoms with van der Waals surface area (Å²) in [5, 5.41) is 16.0. The van der Waals surface area contributed by atoms with E-state index in [0.29, 0.717) is 12.3 Å². The Morgan fingerprint density at radius 2 is 0.921 bits per heavy atom. The molecule has 0 aromatic heterocycles. The van der Waals surface area contributed by atoms with E-state index in [1.165, 1.54) is 27.7 Å². The van der Waals surface area contributed by atoms with Crippen LogP contribution in [0.1, 0.15) is 116 Å². The number of ether oxygens (including phenoxy) is 4. The van der Waals surface area contributed by atoms with Crippen molar-refractivity contribution in [1.29, 1.82) is 5.26 Å². The van der Waals surface area contributed by atoms with Crippen LogP contribution in [0.5, 0.6) is 0 Å². The van der Waals surface area contributed by atoms with Crippen LogP contribution in [0, 0.1) is 53.1 Å². The number of aryl methyl sites for hydroxylation is 6. The zero-order valence-corrected chi connectivity index (χ0v) is 53.8. The third-order valence-corrected chi connectivity index (χ3v) is 16.8. The van der Waals surface area contributed by atoms with Gasteiger partial charge in [0, 0.05) is 19.1 Å². The second-order valence-electron chi connectivity index (χ2n) is 19.0. The summed E-state index contributed by atoms with van der Waals surface area (Å²) in [6, 6.07) is 10.5. The zero-order chi connectivity index (χ0) is 59.9. The summed E-state index contributed by atoms with van der Waals surface area (Å²) in [6.07, 6.45) is -0.258. The molecule has 0 unspecified atom stereocenters. The van der Waals surface area contributed by atoms with Crippen molar-refractivity contribution in [1.82, 2.24) is 4.72 Å². The summed E-state index contributed by atoms with van der Waals surface area (Å²) in [5.41, 5.74) is 2.18. The molecule has 0 bridgehead atoms. The number of amides is 1. The SMILES string of the molecule is CCOC(=O)C(C)(C)N(c1cc(C)c(Br)c(C)c1)S(=O)(=O)NC(=O)OC(C)(C)C.CCOC(=O)C(C)(C)N(c1cc(C)c(Br)c(C)c1)S(N)(=O)=O.CCOC(=O)C(C)(C)Nc1cc(C)c(Br)c(C)c1.N#COS(=O)(=O)Cl. The fraction of sp³-hybridized carbons (Fsp3) is 0.521. The number of hydrogen-bond donors (Lipinski definition) is 3. The van der Waals surface area contributed by atoms with Crippen molar-refractivity contribution < 1.29 is 67.6 Å². The van der Waals surface area contributed by atoms with E-state index in [4.69, 9.17) is 29.3 Å². The highest BCUT2D eigenvalue weighted by molar-refractivity contribution is 9.11. The van der Waals surface area contributed by atoms with Crippen LogP contribution in [0.4, 0.5) is 21.9 Å². The molecule has 428 valence electrons. The molecule has 76 heavy (non-hydrogen) atoms. The van der Waals surface area contributed by atoms with Crippen LogP contribution in [0.2, 0.25) is 0 Å². The van der Waals surface area contributed by atoms with E-state index < -0.39 is 70.0 Å². The van der Waals surface area contributed by atoms with Crippen LogP contribution in [0.3, 0.4) is 0 Å². The number of nitrogens with zero attached hydrogens (tertiary/aromatic N) is 3. The van der Waals surface area contributed by atoms with Crippen molar-refractivity contribution >= 4 is 129 Å². The van der Waals surface area contributed by atoms with E-state index in [0.717, 1.165) is 67.4 Å². The van der Waals surface area contributed by atoms with Crippen molar-refractivity contribution in [3.8, 4) is 6.26 Å². The fourth-order valence-corrected chi connectivity index (χ4v) is 10.0. The molecule has 0 aliphatic carbocycles. The maximum Gasteiger partial charge on any atom is 0.422 e. The van der Waals surface area contributed by atoms with Crippen LogP contribution in [-0.2, 0) is 67.3 Å². The molecular formula is C48H70Br3ClN6O15S3. The molecule has 0 atom stereocenters. The Bertz CT molecular complexity index is 2900. The molecule has 0 saturated heterocycles. The number of esters is 3. The fourth-order valence-electron chi connectivity index (χ4n) is 6.65. The van der Waals surface area contributed by atoms with Gasteiger partial charge in [0.1, 0.15) is 22.2 Å². The van der Waals surface area contributed by atoms with Gasteiger partial charge in [-0.1, -0.05) is 47.8 Å². The van der Waals surface area contributed by atoms with E-state index in [1.54, 1.807) is 72.7 Å². The standard InChI is InChI=1S/C19H29BrN2O6S.C14H21BrN2O4S.C14H20BrNO2.CClNO3S/c1-9-27-16(23)19(7,8)22(14-10-12(2)15(20)13(3)11-14)29(25,26)21-17(24)28-18(4,5)6;1-6-21-13(18)14(4,5)17(22(16,19)20)11-7-9(2)12(15)10(3)8-11;1-6-18-13(17)14(4,5)16-11-7-9(2)12(15)10(3)8-11;2-7(4,5)6-1-3/h10-11H,9H2,1-8H3,(H,21,24);7-8H,6H2,1-5H3,(H2,16,19,20);7-8,16H,6H2,1-5H3;. The Hall–Kier alpha value is -4.43. The van der Waals surface area contributed by atoms with Gasteiger partial charge in [0.25, 0.3) is 10.2 Å². The Balaban J connectivity index is 0.00000107. The molecule has 4 N–H and O–H groups in total. The molecule has 0 aliphatic heterocycles. The second-order valence-corrected chi connectivity index (χ2v) is 26.4. The van der Waals surface area contributed by atoms with Crippen molar-refractivity contribution in [3.63, 3.8) is 0 Å². The van der Waals surface area contributed by atoms with E-state index >= 15 is 0 Å². The molecule has 3 aromatic carbocycles. The van der Waals surface area contributed by atoms with Crippen LogP contribution in [0.15, 0.2) is 49.8 Å². The first kappa shape index (κ1) is 71.6. The van der Waals surface area contributed by atoms with Crippen LogP contribution < -0.4 is 23.8 Å². The lowest BCUT2D eigenvalue weighted by molar-refractivity contribution is -0.148. The largest absolute Gasteiger partial charge is 0.464 e. The topological polar surface area (TPSA) is 297 Å². The first-order chi connectivity index (χ1) is 34.3. The molecule has 0 heterocycles. The van der Waals surface area contributed by atoms with E-state index in [-0.39, 0.29) is 24.9 Å². The van der Waals surface area contributed by atoms with Gasteiger partial charge in [0.2, 0.25) is 0 Å². The third kappa shape index (κ3) is 22.1. The van der Waals surface area contributed by atoms with Crippen LogP contribution in [-0.4, -0.2) is 91.3 Å². The average Bonchev–Trinajstić information content (AvgIpc) is 3.22. The lowest BCUT2D eigenvalue weighted by Crippen LogP contribution is -2.58. The molecule has 21 nitrogen and oxygen atoms in total.